The van der Waals surface area contributed by atoms with Crippen LogP contribution in [0.15, 0.2) is 59.4 Å². The quantitative estimate of drug-likeness (QED) is 0.651. The number of pyridine rings is 1. The van der Waals surface area contributed by atoms with Gasteiger partial charge < -0.3 is 0 Å². The maximum Gasteiger partial charge on any atom is 0.258 e. The standard InChI is InChI=1S/C16H12FNO/c1-11-10-12-6-5-9-14(17)15(12)18(16(11)19)13-7-3-2-4-8-13/h2-10H,1H3. The molecule has 94 valence electrons. The number of para-hydroxylation sites is 2. The van der Waals surface area contributed by atoms with Crippen LogP contribution < -0.4 is 5.56 Å². The number of rotatable bonds is 1. The number of hydrogen-bond donors (Lipinski definition) is 0. The Hall–Kier alpha value is -2.42. The van der Waals surface area contributed by atoms with E-state index in [0.29, 0.717) is 16.8 Å². The Morgan fingerprint density at radius 3 is 2.47 bits per heavy atom. The molecule has 0 unspecified atom stereocenters. The van der Waals surface area contributed by atoms with Crippen LogP contribution in [0, 0.1) is 12.7 Å². The van der Waals surface area contributed by atoms with Crippen molar-refractivity contribution in [3.8, 4) is 5.69 Å². The maximum absolute atomic E-state index is 14.1. The van der Waals surface area contributed by atoms with Crippen LogP contribution in [0.5, 0.6) is 0 Å². The van der Waals surface area contributed by atoms with Gasteiger partial charge in [-0.25, -0.2) is 4.39 Å². The summed E-state index contributed by atoms with van der Waals surface area (Å²) in [6, 6.07) is 15.7. The number of aromatic nitrogens is 1. The van der Waals surface area contributed by atoms with E-state index in [4.69, 9.17) is 0 Å². The van der Waals surface area contributed by atoms with E-state index in [9.17, 15) is 9.18 Å². The van der Waals surface area contributed by atoms with Crippen molar-refractivity contribution < 1.29 is 4.39 Å². The molecule has 0 saturated carbocycles. The lowest BCUT2D eigenvalue weighted by Gasteiger charge is -2.12. The molecule has 0 fully saturated rings. The molecule has 0 aliphatic rings. The third-order valence-corrected chi connectivity index (χ3v) is 3.17. The molecule has 3 aromatic rings. The van der Waals surface area contributed by atoms with Gasteiger partial charge in [0.1, 0.15) is 5.82 Å². The van der Waals surface area contributed by atoms with Crippen molar-refractivity contribution in [1.29, 1.82) is 0 Å². The van der Waals surface area contributed by atoms with E-state index < -0.39 is 5.82 Å². The summed E-state index contributed by atoms with van der Waals surface area (Å²) in [4.78, 5) is 12.3. The number of halogens is 1. The number of benzene rings is 2. The highest BCUT2D eigenvalue weighted by atomic mass is 19.1. The minimum atomic E-state index is -0.390. The first-order chi connectivity index (χ1) is 9.18. The summed E-state index contributed by atoms with van der Waals surface area (Å²) in [5.41, 5.74) is 1.40. The molecular weight excluding hydrogens is 241 g/mol. The summed E-state index contributed by atoms with van der Waals surface area (Å²) < 4.78 is 15.5. The number of fused-ring (bicyclic) bond motifs is 1. The topological polar surface area (TPSA) is 22.0 Å². The Labute approximate surface area is 109 Å². The zero-order chi connectivity index (χ0) is 13.4. The van der Waals surface area contributed by atoms with E-state index in [2.05, 4.69) is 0 Å². The van der Waals surface area contributed by atoms with Crippen LogP contribution in [-0.4, -0.2) is 4.57 Å². The van der Waals surface area contributed by atoms with E-state index in [-0.39, 0.29) is 5.56 Å². The van der Waals surface area contributed by atoms with Crippen LogP contribution in [0.3, 0.4) is 0 Å². The van der Waals surface area contributed by atoms with Crippen molar-refractivity contribution in [2.75, 3.05) is 0 Å². The second-order valence-corrected chi connectivity index (χ2v) is 4.48. The zero-order valence-electron chi connectivity index (χ0n) is 10.4. The third kappa shape index (κ3) is 1.83. The van der Waals surface area contributed by atoms with Crippen molar-refractivity contribution in [3.63, 3.8) is 0 Å². The van der Waals surface area contributed by atoms with Crippen LogP contribution in [0.4, 0.5) is 4.39 Å². The first-order valence-corrected chi connectivity index (χ1v) is 6.05. The van der Waals surface area contributed by atoms with Gasteiger partial charge in [0.2, 0.25) is 0 Å². The van der Waals surface area contributed by atoms with E-state index in [1.54, 1.807) is 31.2 Å². The largest absolute Gasteiger partial charge is 0.274 e. The lowest BCUT2D eigenvalue weighted by molar-refractivity contribution is 0.633. The molecule has 2 nitrogen and oxygen atoms in total. The molecule has 0 aliphatic carbocycles. The summed E-state index contributed by atoms with van der Waals surface area (Å²) in [7, 11) is 0. The molecule has 1 heterocycles. The molecule has 1 aromatic heterocycles. The normalized spacial score (nSPS) is 10.8. The third-order valence-electron chi connectivity index (χ3n) is 3.17. The summed E-state index contributed by atoms with van der Waals surface area (Å²) in [5, 5.41) is 0.723. The fourth-order valence-corrected chi connectivity index (χ4v) is 2.28. The van der Waals surface area contributed by atoms with Crippen molar-refractivity contribution in [3.05, 3.63) is 76.3 Å². The Bertz CT molecular complexity index is 806. The monoisotopic (exact) mass is 253 g/mol. The van der Waals surface area contributed by atoms with Gasteiger partial charge in [-0.1, -0.05) is 30.3 Å². The van der Waals surface area contributed by atoms with Gasteiger partial charge >= 0.3 is 0 Å². The SMILES string of the molecule is Cc1cc2cccc(F)c2n(-c2ccccc2)c1=O. The van der Waals surface area contributed by atoms with Gasteiger partial charge in [-0.15, -0.1) is 0 Å². The van der Waals surface area contributed by atoms with Gasteiger partial charge in [-0.05, 0) is 31.2 Å². The predicted molar refractivity (Wildman–Crippen MR) is 74.2 cm³/mol. The van der Waals surface area contributed by atoms with E-state index in [1.807, 2.05) is 24.3 Å². The minimum Gasteiger partial charge on any atom is -0.274 e. The van der Waals surface area contributed by atoms with Crippen LogP contribution >= 0.6 is 0 Å². The van der Waals surface area contributed by atoms with Crippen LogP contribution in [0.25, 0.3) is 16.6 Å². The van der Waals surface area contributed by atoms with E-state index in [0.717, 1.165) is 5.39 Å². The van der Waals surface area contributed by atoms with Gasteiger partial charge in [-0.3, -0.25) is 9.36 Å². The molecule has 0 saturated heterocycles. The first-order valence-electron chi connectivity index (χ1n) is 6.05. The van der Waals surface area contributed by atoms with Crippen LogP contribution in [0.1, 0.15) is 5.56 Å². The predicted octanol–water partition coefficient (Wildman–Crippen LogP) is 3.44. The molecule has 3 heteroatoms. The summed E-state index contributed by atoms with van der Waals surface area (Å²) in [6.45, 7) is 1.74. The van der Waals surface area contributed by atoms with Gasteiger partial charge in [-0.2, -0.15) is 0 Å². The second kappa shape index (κ2) is 4.35. The molecule has 19 heavy (non-hydrogen) atoms. The number of nitrogens with zero attached hydrogens (tertiary/aromatic N) is 1. The average molecular weight is 253 g/mol. The second-order valence-electron chi connectivity index (χ2n) is 4.48. The fraction of sp³-hybridized carbons (Fsp3) is 0.0625. The first kappa shape index (κ1) is 11.7. The molecule has 0 radical (unpaired) electrons. The lowest BCUT2D eigenvalue weighted by atomic mass is 10.1. The average Bonchev–Trinajstić information content (AvgIpc) is 2.42. The highest BCUT2D eigenvalue weighted by molar-refractivity contribution is 5.81. The Balaban J connectivity index is 2.53. The van der Waals surface area contributed by atoms with E-state index in [1.165, 1.54) is 10.6 Å². The minimum absolute atomic E-state index is 0.191. The maximum atomic E-state index is 14.1. The van der Waals surface area contributed by atoms with Crippen molar-refractivity contribution in [2.45, 2.75) is 6.92 Å². The Kier molecular flexibility index (Phi) is 2.67. The molecule has 0 N–H and O–H groups in total. The molecule has 0 spiro atoms. The van der Waals surface area contributed by atoms with Crippen LogP contribution in [-0.2, 0) is 0 Å². The highest BCUT2D eigenvalue weighted by Gasteiger charge is 2.11. The summed E-state index contributed by atoms with van der Waals surface area (Å²) >= 11 is 0. The molecule has 3 rings (SSSR count). The van der Waals surface area contributed by atoms with Crippen molar-refractivity contribution in [1.82, 2.24) is 4.57 Å². The van der Waals surface area contributed by atoms with Crippen molar-refractivity contribution in [2.24, 2.45) is 0 Å². The Morgan fingerprint density at radius 1 is 1.00 bits per heavy atom. The van der Waals surface area contributed by atoms with Gasteiger partial charge in [0.25, 0.3) is 5.56 Å². The molecular formula is C16H12FNO. The molecule has 0 amide bonds. The number of hydrogen-bond acceptors (Lipinski definition) is 1. The molecule has 0 bridgehead atoms. The van der Waals surface area contributed by atoms with E-state index >= 15 is 0 Å². The van der Waals surface area contributed by atoms with Crippen molar-refractivity contribution >= 4 is 10.9 Å². The highest BCUT2D eigenvalue weighted by Crippen LogP contribution is 2.20. The molecule has 0 atom stereocenters. The lowest BCUT2D eigenvalue weighted by Crippen LogP contribution is -2.21. The van der Waals surface area contributed by atoms with Gasteiger partial charge in [0.15, 0.2) is 0 Å². The molecule has 2 aromatic carbocycles. The summed E-state index contributed by atoms with van der Waals surface area (Å²) in [5.74, 6) is -0.390. The number of aryl methyl sites for hydroxylation is 1. The summed E-state index contributed by atoms with van der Waals surface area (Å²) in [6.07, 6.45) is 0. The smallest absolute Gasteiger partial charge is 0.258 e. The van der Waals surface area contributed by atoms with Gasteiger partial charge in [0.05, 0.1) is 5.52 Å². The Morgan fingerprint density at radius 2 is 1.74 bits per heavy atom. The van der Waals surface area contributed by atoms with Crippen LogP contribution in [0.2, 0.25) is 0 Å². The zero-order valence-corrected chi connectivity index (χ0v) is 10.4. The van der Waals surface area contributed by atoms with Gasteiger partial charge in [0, 0.05) is 16.6 Å². The molecule has 0 aliphatic heterocycles. The fourth-order valence-electron chi connectivity index (χ4n) is 2.28.